The lowest BCUT2D eigenvalue weighted by atomic mass is 10.1. The van der Waals surface area contributed by atoms with E-state index in [2.05, 4.69) is 29.5 Å². The molecule has 0 aliphatic heterocycles. The van der Waals surface area contributed by atoms with E-state index in [1.165, 1.54) is 19.3 Å². The third-order valence-corrected chi connectivity index (χ3v) is 3.61. The molecular formula is C13H25N3S. The van der Waals surface area contributed by atoms with Gasteiger partial charge in [0, 0.05) is 18.3 Å². The minimum Gasteiger partial charge on any atom is -0.330 e. The molecule has 0 saturated carbocycles. The van der Waals surface area contributed by atoms with E-state index < -0.39 is 0 Å². The molecule has 0 amide bonds. The van der Waals surface area contributed by atoms with Gasteiger partial charge in [-0.05, 0) is 25.4 Å². The number of unbranched alkanes of at least 4 members (excludes halogenated alkanes) is 1. The zero-order valence-electron chi connectivity index (χ0n) is 11.0. The van der Waals surface area contributed by atoms with Crippen LogP contribution < -0.4 is 11.1 Å². The monoisotopic (exact) mass is 255 g/mol. The van der Waals surface area contributed by atoms with Gasteiger partial charge in [0.1, 0.15) is 0 Å². The van der Waals surface area contributed by atoms with Crippen LogP contribution in [0.15, 0.2) is 5.38 Å². The molecule has 0 saturated heterocycles. The first-order valence-electron chi connectivity index (χ1n) is 6.56. The van der Waals surface area contributed by atoms with Gasteiger partial charge in [-0.2, -0.15) is 0 Å². The summed E-state index contributed by atoms with van der Waals surface area (Å²) in [6, 6.07) is 0. The molecule has 0 aromatic carbocycles. The zero-order valence-corrected chi connectivity index (χ0v) is 11.9. The third-order valence-electron chi connectivity index (χ3n) is 2.65. The standard InChI is InChI=1S/C13H25N3S/c1-11(2)5-3-4-8-15-9-12-10-17-13(16-12)6-7-14/h10-11,15H,3-9,14H2,1-2H3. The first-order valence-corrected chi connectivity index (χ1v) is 7.44. The van der Waals surface area contributed by atoms with Crippen molar-refractivity contribution in [1.82, 2.24) is 10.3 Å². The second kappa shape index (κ2) is 8.61. The maximum Gasteiger partial charge on any atom is 0.0941 e. The lowest BCUT2D eigenvalue weighted by Gasteiger charge is -2.05. The van der Waals surface area contributed by atoms with Crippen molar-refractivity contribution in [3.8, 4) is 0 Å². The number of hydrogen-bond donors (Lipinski definition) is 2. The van der Waals surface area contributed by atoms with Gasteiger partial charge in [0.05, 0.1) is 10.7 Å². The maximum absolute atomic E-state index is 5.50. The summed E-state index contributed by atoms with van der Waals surface area (Å²) in [7, 11) is 0. The van der Waals surface area contributed by atoms with Crippen molar-refractivity contribution in [3.63, 3.8) is 0 Å². The lowest BCUT2D eigenvalue weighted by molar-refractivity contribution is 0.519. The van der Waals surface area contributed by atoms with E-state index >= 15 is 0 Å². The van der Waals surface area contributed by atoms with Crippen LogP contribution in [0.4, 0.5) is 0 Å². The Balaban J connectivity index is 2.05. The fourth-order valence-corrected chi connectivity index (χ4v) is 2.50. The highest BCUT2D eigenvalue weighted by Crippen LogP contribution is 2.10. The molecule has 98 valence electrons. The second-order valence-electron chi connectivity index (χ2n) is 4.84. The average Bonchev–Trinajstić information content (AvgIpc) is 2.71. The van der Waals surface area contributed by atoms with Crippen LogP contribution in [0.1, 0.15) is 43.8 Å². The Morgan fingerprint density at radius 1 is 1.41 bits per heavy atom. The minimum absolute atomic E-state index is 0.690. The van der Waals surface area contributed by atoms with E-state index in [4.69, 9.17) is 5.73 Å². The SMILES string of the molecule is CC(C)CCCCNCc1csc(CCN)n1. The molecule has 0 spiro atoms. The van der Waals surface area contributed by atoms with Gasteiger partial charge < -0.3 is 11.1 Å². The molecule has 1 aromatic heterocycles. The van der Waals surface area contributed by atoms with Gasteiger partial charge in [0.25, 0.3) is 0 Å². The average molecular weight is 255 g/mol. The van der Waals surface area contributed by atoms with Crippen LogP contribution in [0.3, 0.4) is 0 Å². The topological polar surface area (TPSA) is 50.9 Å². The molecule has 17 heavy (non-hydrogen) atoms. The van der Waals surface area contributed by atoms with Crippen molar-refractivity contribution in [2.45, 2.75) is 46.1 Å². The number of nitrogens with two attached hydrogens (primary N) is 1. The Hall–Kier alpha value is -0.450. The van der Waals surface area contributed by atoms with Crippen LogP contribution in [0.5, 0.6) is 0 Å². The Morgan fingerprint density at radius 3 is 2.94 bits per heavy atom. The summed E-state index contributed by atoms with van der Waals surface area (Å²) in [4.78, 5) is 4.52. The van der Waals surface area contributed by atoms with Gasteiger partial charge in [-0.1, -0.05) is 26.7 Å². The first-order chi connectivity index (χ1) is 8.22. The molecule has 3 N–H and O–H groups in total. The molecule has 0 fully saturated rings. The fourth-order valence-electron chi connectivity index (χ4n) is 1.69. The van der Waals surface area contributed by atoms with Crippen molar-refractivity contribution in [2.24, 2.45) is 11.7 Å². The molecule has 1 aromatic rings. The van der Waals surface area contributed by atoms with Gasteiger partial charge in [-0.15, -0.1) is 11.3 Å². The predicted octanol–water partition coefficient (Wildman–Crippen LogP) is 2.56. The van der Waals surface area contributed by atoms with Crippen molar-refractivity contribution in [2.75, 3.05) is 13.1 Å². The smallest absolute Gasteiger partial charge is 0.0941 e. The first kappa shape index (κ1) is 14.6. The molecule has 0 atom stereocenters. The molecule has 0 unspecified atom stereocenters. The van der Waals surface area contributed by atoms with Crippen LogP contribution in [-0.4, -0.2) is 18.1 Å². The molecule has 4 heteroatoms. The quantitative estimate of drug-likeness (QED) is 0.667. The van der Waals surface area contributed by atoms with E-state index in [-0.39, 0.29) is 0 Å². The fraction of sp³-hybridized carbons (Fsp3) is 0.769. The number of nitrogens with zero attached hydrogens (tertiary/aromatic N) is 1. The molecule has 3 nitrogen and oxygen atoms in total. The van der Waals surface area contributed by atoms with Gasteiger partial charge in [-0.3, -0.25) is 0 Å². The molecule has 0 bridgehead atoms. The van der Waals surface area contributed by atoms with E-state index in [1.54, 1.807) is 11.3 Å². The Labute approximate surface area is 109 Å². The summed E-state index contributed by atoms with van der Waals surface area (Å²) < 4.78 is 0. The van der Waals surface area contributed by atoms with Crippen molar-refractivity contribution in [1.29, 1.82) is 0 Å². The van der Waals surface area contributed by atoms with Gasteiger partial charge in [-0.25, -0.2) is 4.98 Å². The summed E-state index contributed by atoms with van der Waals surface area (Å²) in [5.41, 5.74) is 6.66. The van der Waals surface area contributed by atoms with E-state index in [0.717, 1.165) is 36.1 Å². The lowest BCUT2D eigenvalue weighted by Crippen LogP contribution is -2.15. The Bertz CT molecular complexity index is 297. The Morgan fingerprint density at radius 2 is 2.24 bits per heavy atom. The van der Waals surface area contributed by atoms with E-state index in [0.29, 0.717) is 6.54 Å². The summed E-state index contributed by atoms with van der Waals surface area (Å²) in [5.74, 6) is 0.826. The van der Waals surface area contributed by atoms with Crippen molar-refractivity contribution in [3.05, 3.63) is 16.1 Å². The number of aromatic nitrogens is 1. The summed E-state index contributed by atoms with van der Waals surface area (Å²) >= 11 is 1.72. The number of hydrogen-bond acceptors (Lipinski definition) is 4. The van der Waals surface area contributed by atoms with Gasteiger partial charge >= 0.3 is 0 Å². The predicted molar refractivity (Wildman–Crippen MR) is 75.3 cm³/mol. The molecule has 1 rings (SSSR count). The second-order valence-corrected chi connectivity index (χ2v) is 5.78. The summed E-state index contributed by atoms with van der Waals surface area (Å²) in [5, 5.41) is 6.73. The van der Waals surface area contributed by atoms with Crippen LogP contribution >= 0.6 is 11.3 Å². The van der Waals surface area contributed by atoms with Crippen LogP contribution in [0.2, 0.25) is 0 Å². The summed E-state index contributed by atoms with van der Waals surface area (Å²) in [6.45, 7) is 7.23. The maximum atomic E-state index is 5.50. The zero-order chi connectivity index (χ0) is 12.5. The van der Waals surface area contributed by atoms with Crippen LogP contribution in [-0.2, 0) is 13.0 Å². The van der Waals surface area contributed by atoms with E-state index in [1.807, 2.05) is 0 Å². The van der Waals surface area contributed by atoms with Crippen molar-refractivity contribution >= 4 is 11.3 Å². The number of thiazole rings is 1. The summed E-state index contributed by atoms with van der Waals surface area (Å²) in [6.07, 6.45) is 4.82. The molecule has 0 radical (unpaired) electrons. The molecule has 1 heterocycles. The third kappa shape index (κ3) is 6.76. The number of nitrogens with one attached hydrogen (secondary N) is 1. The van der Waals surface area contributed by atoms with Gasteiger partial charge in [0.15, 0.2) is 0 Å². The molecule has 0 aliphatic carbocycles. The minimum atomic E-state index is 0.690. The highest BCUT2D eigenvalue weighted by atomic mass is 32.1. The van der Waals surface area contributed by atoms with E-state index in [9.17, 15) is 0 Å². The largest absolute Gasteiger partial charge is 0.330 e. The Kier molecular flexibility index (Phi) is 7.40. The van der Waals surface area contributed by atoms with Crippen LogP contribution in [0, 0.1) is 5.92 Å². The van der Waals surface area contributed by atoms with Crippen molar-refractivity contribution < 1.29 is 0 Å². The highest BCUT2D eigenvalue weighted by molar-refractivity contribution is 7.09. The highest BCUT2D eigenvalue weighted by Gasteiger charge is 2.00. The normalized spacial score (nSPS) is 11.3. The van der Waals surface area contributed by atoms with Crippen LogP contribution in [0.25, 0.3) is 0 Å². The van der Waals surface area contributed by atoms with Gasteiger partial charge in [0.2, 0.25) is 0 Å². The number of rotatable bonds is 9. The molecule has 0 aliphatic rings. The molecular weight excluding hydrogens is 230 g/mol.